The summed E-state index contributed by atoms with van der Waals surface area (Å²) in [6.45, 7) is 0. The molecule has 0 atom stereocenters. The Morgan fingerprint density at radius 2 is 1.57 bits per heavy atom. The topological polar surface area (TPSA) is 67.4 Å². The third-order valence-electron chi connectivity index (χ3n) is 4.13. The van der Waals surface area contributed by atoms with Gasteiger partial charge in [-0.3, -0.25) is 9.59 Å². The van der Waals surface area contributed by atoms with Crippen molar-refractivity contribution in [2.45, 2.75) is 0 Å². The maximum absolute atomic E-state index is 13.2. The highest BCUT2D eigenvalue weighted by molar-refractivity contribution is 9.10. The third kappa shape index (κ3) is 5.78. The number of nitrogens with one attached hydrogen (secondary N) is 2. The molecule has 30 heavy (non-hydrogen) atoms. The van der Waals surface area contributed by atoms with Gasteiger partial charge in [-0.25, -0.2) is 4.39 Å². The lowest BCUT2D eigenvalue weighted by atomic mass is 10.1. The third-order valence-corrected chi connectivity index (χ3v) is 4.66. The van der Waals surface area contributed by atoms with Crippen LogP contribution in [0.2, 0.25) is 0 Å². The zero-order valence-corrected chi connectivity index (χ0v) is 17.6. The van der Waals surface area contributed by atoms with Crippen molar-refractivity contribution in [1.29, 1.82) is 0 Å². The van der Waals surface area contributed by atoms with Gasteiger partial charge in [0.05, 0.1) is 7.11 Å². The number of hydrogen-bond donors (Lipinski definition) is 2. The first-order valence-corrected chi connectivity index (χ1v) is 9.73. The molecule has 0 aromatic heterocycles. The summed E-state index contributed by atoms with van der Waals surface area (Å²) in [5.41, 5.74) is 1.50. The summed E-state index contributed by atoms with van der Waals surface area (Å²) in [4.78, 5) is 25.5. The van der Waals surface area contributed by atoms with Crippen molar-refractivity contribution >= 4 is 39.5 Å². The molecule has 3 aromatic rings. The van der Waals surface area contributed by atoms with E-state index in [0.29, 0.717) is 22.6 Å². The van der Waals surface area contributed by atoms with Crippen LogP contribution in [0.4, 0.5) is 10.1 Å². The van der Waals surface area contributed by atoms with Gasteiger partial charge in [0.2, 0.25) is 0 Å². The smallest absolute Gasteiger partial charge is 0.272 e. The van der Waals surface area contributed by atoms with Crippen molar-refractivity contribution < 1.29 is 18.7 Å². The molecule has 3 rings (SSSR count). The van der Waals surface area contributed by atoms with Gasteiger partial charge in [-0.2, -0.15) is 0 Å². The molecule has 0 aliphatic heterocycles. The first kappa shape index (κ1) is 21.3. The summed E-state index contributed by atoms with van der Waals surface area (Å²) in [6, 6.07) is 19.1. The second-order valence-electron chi connectivity index (χ2n) is 6.25. The van der Waals surface area contributed by atoms with E-state index in [4.69, 9.17) is 4.74 Å². The van der Waals surface area contributed by atoms with Gasteiger partial charge in [0, 0.05) is 15.7 Å². The summed E-state index contributed by atoms with van der Waals surface area (Å²) in [5.74, 6) is -0.752. The molecular weight excluding hydrogens is 451 g/mol. The molecular formula is C23H18BrFN2O3. The predicted octanol–water partition coefficient (Wildman–Crippen LogP) is 5.01. The molecule has 0 bridgehead atoms. The Labute approximate surface area is 181 Å². The van der Waals surface area contributed by atoms with Crippen LogP contribution in [0, 0.1) is 5.82 Å². The molecule has 0 saturated carbocycles. The first-order chi connectivity index (χ1) is 14.4. The largest absolute Gasteiger partial charge is 0.497 e. The lowest BCUT2D eigenvalue weighted by Gasteiger charge is -2.12. The van der Waals surface area contributed by atoms with E-state index in [9.17, 15) is 14.0 Å². The number of benzene rings is 3. The normalized spacial score (nSPS) is 11.0. The molecule has 0 spiro atoms. The number of amides is 2. The molecule has 0 radical (unpaired) electrons. The minimum Gasteiger partial charge on any atom is -0.497 e. The van der Waals surface area contributed by atoms with Crippen LogP contribution >= 0.6 is 15.9 Å². The standard InChI is InChI=1S/C23H18BrFN2O3/c1-30-20-12-4-16(5-13-20)22(28)27-21(14-15-2-8-18(25)9-3-15)23(29)26-19-10-6-17(24)7-11-19/h2-14H,1H3,(H,26,29)(H,27,28). The maximum atomic E-state index is 13.2. The van der Waals surface area contributed by atoms with Crippen LogP contribution < -0.4 is 15.4 Å². The van der Waals surface area contributed by atoms with Gasteiger partial charge < -0.3 is 15.4 Å². The highest BCUT2D eigenvalue weighted by Gasteiger charge is 2.15. The average molecular weight is 469 g/mol. The summed E-state index contributed by atoms with van der Waals surface area (Å²) < 4.78 is 19.2. The molecule has 7 heteroatoms. The molecule has 5 nitrogen and oxygen atoms in total. The fourth-order valence-corrected chi connectivity index (χ4v) is 2.82. The van der Waals surface area contributed by atoms with Crippen molar-refractivity contribution in [2.24, 2.45) is 0 Å². The Hall–Kier alpha value is -3.45. The molecule has 2 N–H and O–H groups in total. The molecule has 0 aliphatic rings. The van der Waals surface area contributed by atoms with Crippen LogP contribution in [-0.2, 0) is 4.79 Å². The van der Waals surface area contributed by atoms with E-state index in [-0.39, 0.29) is 5.70 Å². The quantitative estimate of drug-likeness (QED) is 0.499. The van der Waals surface area contributed by atoms with E-state index in [1.807, 2.05) is 0 Å². The average Bonchev–Trinajstić information content (AvgIpc) is 2.76. The SMILES string of the molecule is COc1ccc(C(=O)NC(=Cc2ccc(F)cc2)C(=O)Nc2ccc(Br)cc2)cc1. The molecule has 2 amide bonds. The van der Waals surface area contributed by atoms with Crippen LogP contribution in [0.25, 0.3) is 6.08 Å². The molecule has 0 unspecified atom stereocenters. The predicted molar refractivity (Wildman–Crippen MR) is 118 cm³/mol. The first-order valence-electron chi connectivity index (χ1n) is 8.94. The Kier molecular flexibility index (Phi) is 6.98. The Morgan fingerprint density at radius 1 is 0.933 bits per heavy atom. The Balaban J connectivity index is 1.85. The monoisotopic (exact) mass is 468 g/mol. The van der Waals surface area contributed by atoms with Crippen molar-refractivity contribution in [3.63, 3.8) is 0 Å². The number of ether oxygens (including phenoxy) is 1. The fraction of sp³-hybridized carbons (Fsp3) is 0.0435. The number of carbonyl (C=O) groups is 2. The van der Waals surface area contributed by atoms with Crippen molar-refractivity contribution in [3.05, 3.63) is 99.9 Å². The second kappa shape index (κ2) is 9.84. The minimum absolute atomic E-state index is 0.0188. The highest BCUT2D eigenvalue weighted by atomic mass is 79.9. The van der Waals surface area contributed by atoms with E-state index in [1.165, 1.54) is 37.5 Å². The molecule has 0 fully saturated rings. The van der Waals surface area contributed by atoms with Crippen molar-refractivity contribution in [3.8, 4) is 5.75 Å². The van der Waals surface area contributed by atoms with E-state index in [0.717, 1.165) is 4.47 Å². The summed E-state index contributed by atoms with van der Waals surface area (Å²) in [6.07, 6.45) is 1.48. The molecule has 152 valence electrons. The van der Waals surface area contributed by atoms with E-state index in [2.05, 4.69) is 26.6 Å². The van der Waals surface area contributed by atoms with Crippen LogP contribution in [0.1, 0.15) is 15.9 Å². The van der Waals surface area contributed by atoms with Gasteiger partial charge in [0.25, 0.3) is 11.8 Å². The molecule has 3 aromatic carbocycles. The Morgan fingerprint density at radius 3 is 2.17 bits per heavy atom. The van der Waals surface area contributed by atoms with Gasteiger partial charge in [0.15, 0.2) is 0 Å². The lowest BCUT2D eigenvalue weighted by molar-refractivity contribution is -0.113. The maximum Gasteiger partial charge on any atom is 0.272 e. The van der Waals surface area contributed by atoms with Gasteiger partial charge in [-0.15, -0.1) is 0 Å². The van der Waals surface area contributed by atoms with Crippen molar-refractivity contribution in [2.75, 3.05) is 12.4 Å². The molecule has 0 saturated heterocycles. The number of halogens is 2. The van der Waals surface area contributed by atoms with Gasteiger partial charge in [0.1, 0.15) is 17.3 Å². The number of rotatable bonds is 6. The Bertz CT molecular complexity index is 1060. The van der Waals surface area contributed by atoms with Crippen molar-refractivity contribution in [1.82, 2.24) is 5.32 Å². The van der Waals surface area contributed by atoms with Crippen LogP contribution in [0.5, 0.6) is 5.75 Å². The number of anilines is 1. The molecule has 0 heterocycles. The number of hydrogen-bond acceptors (Lipinski definition) is 3. The summed E-state index contributed by atoms with van der Waals surface area (Å²) in [5, 5.41) is 5.37. The van der Waals surface area contributed by atoms with E-state index >= 15 is 0 Å². The van der Waals surface area contributed by atoms with Crippen LogP contribution in [0.3, 0.4) is 0 Å². The highest BCUT2D eigenvalue weighted by Crippen LogP contribution is 2.16. The van der Waals surface area contributed by atoms with Gasteiger partial charge >= 0.3 is 0 Å². The summed E-state index contributed by atoms with van der Waals surface area (Å²) in [7, 11) is 1.53. The van der Waals surface area contributed by atoms with Crippen LogP contribution in [0.15, 0.2) is 83.0 Å². The zero-order chi connectivity index (χ0) is 21.5. The summed E-state index contributed by atoms with van der Waals surface area (Å²) >= 11 is 3.34. The van der Waals surface area contributed by atoms with Gasteiger partial charge in [-0.05, 0) is 72.3 Å². The minimum atomic E-state index is -0.511. The second-order valence-corrected chi connectivity index (χ2v) is 7.17. The van der Waals surface area contributed by atoms with Gasteiger partial charge in [-0.1, -0.05) is 28.1 Å². The fourth-order valence-electron chi connectivity index (χ4n) is 2.55. The van der Waals surface area contributed by atoms with E-state index < -0.39 is 17.6 Å². The van der Waals surface area contributed by atoms with E-state index in [1.54, 1.807) is 48.5 Å². The molecule has 0 aliphatic carbocycles. The van der Waals surface area contributed by atoms with Crippen LogP contribution in [-0.4, -0.2) is 18.9 Å². The lowest BCUT2D eigenvalue weighted by Crippen LogP contribution is -2.30. The number of methoxy groups -OCH3 is 1. The number of carbonyl (C=O) groups excluding carboxylic acids is 2. The zero-order valence-electron chi connectivity index (χ0n) is 16.0.